The van der Waals surface area contributed by atoms with E-state index < -0.39 is 0 Å². The fraction of sp³-hybridized carbons (Fsp3) is 0.208. The van der Waals surface area contributed by atoms with Crippen molar-refractivity contribution in [3.63, 3.8) is 0 Å². The summed E-state index contributed by atoms with van der Waals surface area (Å²) in [4.78, 5) is 18.0. The van der Waals surface area contributed by atoms with E-state index in [4.69, 9.17) is 11.4 Å². The third-order valence-electron chi connectivity index (χ3n) is 5.28. The van der Waals surface area contributed by atoms with Crippen molar-refractivity contribution in [2.45, 2.75) is 32.7 Å². The van der Waals surface area contributed by atoms with Crippen LogP contribution in [0.1, 0.15) is 37.6 Å². The molecule has 0 amide bonds. The van der Waals surface area contributed by atoms with Gasteiger partial charge in [0.1, 0.15) is 5.82 Å². The van der Waals surface area contributed by atoms with E-state index in [1.807, 2.05) is 47.2 Å². The quantitative estimate of drug-likeness (QED) is 0.305. The van der Waals surface area contributed by atoms with Crippen LogP contribution in [0.2, 0.25) is 0 Å². The standard InChI is InChI=1S/C24H21BrN4O/c1-4-12-28-15-17(19-8-6-7-9-22(19)28)14-26-29-23(16(3)5-2)27-21-11-10-18(25)13-20(21)24(29)30/h1,6-11,13-16H,5,12H2,2-3H3/t16-/m0/s1. The lowest BCUT2D eigenvalue weighted by molar-refractivity contribution is 0.613. The summed E-state index contributed by atoms with van der Waals surface area (Å²) in [7, 11) is 0. The van der Waals surface area contributed by atoms with E-state index in [1.54, 1.807) is 12.3 Å². The molecule has 0 spiro atoms. The molecule has 4 rings (SSSR count). The lowest BCUT2D eigenvalue weighted by atomic mass is 10.1. The highest BCUT2D eigenvalue weighted by atomic mass is 79.9. The van der Waals surface area contributed by atoms with Gasteiger partial charge in [0.15, 0.2) is 0 Å². The lowest BCUT2D eigenvalue weighted by Crippen LogP contribution is -2.23. The average molecular weight is 461 g/mol. The fourth-order valence-electron chi connectivity index (χ4n) is 3.51. The van der Waals surface area contributed by atoms with Crippen molar-refractivity contribution in [3.8, 4) is 12.3 Å². The van der Waals surface area contributed by atoms with E-state index in [9.17, 15) is 4.79 Å². The molecule has 6 heteroatoms. The molecule has 0 aliphatic heterocycles. The van der Waals surface area contributed by atoms with E-state index >= 15 is 0 Å². The Bertz CT molecular complexity index is 1370. The van der Waals surface area contributed by atoms with Gasteiger partial charge in [-0.05, 0) is 30.7 Å². The normalized spacial score (nSPS) is 12.6. The molecule has 2 heterocycles. The molecule has 150 valence electrons. The van der Waals surface area contributed by atoms with Crippen molar-refractivity contribution in [2.75, 3.05) is 0 Å². The highest BCUT2D eigenvalue weighted by molar-refractivity contribution is 9.10. The second kappa shape index (κ2) is 8.29. The Morgan fingerprint density at radius 2 is 2.07 bits per heavy atom. The third kappa shape index (κ3) is 3.57. The summed E-state index contributed by atoms with van der Waals surface area (Å²) in [6.45, 7) is 4.60. The molecule has 0 unspecified atom stereocenters. The fourth-order valence-corrected chi connectivity index (χ4v) is 3.87. The second-order valence-corrected chi connectivity index (χ2v) is 8.15. The van der Waals surface area contributed by atoms with Gasteiger partial charge in [-0.3, -0.25) is 4.79 Å². The van der Waals surface area contributed by atoms with E-state index in [2.05, 4.69) is 40.8 Å². The Morgan fingerprint density at radius 1 is 1.27 bits per heavy atom. The van der Waals surface area contributed by atoms with E-state index in [0.717, 1.165) is 27.4 Å². The maximum Gasteiger partial charge on any atom is 0.282 e. The Morgan fingerprint density at radius 3 is 2.83 bits per heavy atom. The van der Waals surface area contributed by atoms with Gasteiger partial charge in [0, 0.05) is 33.1 Å². The first-order chi connectivity index (χ1) is 14.5. The van der Waals surface area contributed by atoms with Crippen LogP contribution in [-0.4, -0.2) is 20.4 Å². The Kier molecular flexibility index (Phi) is 5.56. The zero-order valence-corrected chi connectivity index (χ0v) is 18.4. The van der Waals surface area contributed by atoms with Crippen molar-refractivity contribution in [3.05, 3.63) is 74.9 Å². The smallest absolute Gasteiger partial charge is 0.282 e. The van der Waals surface area contributed by atoms with Gasteiger partial charge in [-0.15, -0.1) is 6.42 Å². The molecule has 0 aliphatic rings. The van der Waals surface area contributed by atoms with Gasteiger partial charge < -0.3 is 4.57 Å². The molecule has 4 aromatic rings. The van der Waals surface area contributed by atoms with Gasteiger partial charge in [-0.25, -0.2) is 4.98 Å². The van der Waals surface area contributed by atoms with Gasteiger partial charge >= 0.3 is 0 Å². The van der Waals surface area contributed by atoms with Crippen LogP contribution in [0.3, 0.4) is 0 Å². The molecule has 0 saturated carbocycles. The van der Waals surface area contributed by atoms with Crippen LogP contribution >= 0.6 is 15.9 Å². The largest absolute Gasteiger partial charge is 0.335 e. The highest BCUT2D eigenvalue weighted by Crippen LogP contribution is 2.22. The summed E-state index contributed by atoms with van der Waals surface area (Å²) < 4.78 is 4.26. The first kappa shape index (κ1) is 20.1. The number of aromatic nitrogens is 3. The van der Waals surface area contributed by atoms with Crippen molar-refractivity contribution < 1.29 is 0 Å². The molecule has 1 atom stereocenters. The average Bonchev–Trinajstić information content (AvgIpc) is 3.11. The molecule has 5 nitrogen and oxygen atoms in total. The number of fused-ring (bicyclic) bond motifs is 2. The topological polar surface area (TPSA) is 52.2 Å². The SMILES string of the molecule is C#CCn1cc(C=Nn2c([C@@H](C)CC)nc3ccc(Br)cc3c2=O)c2ccccc21. The number of hydrogen-bond donors (Lipinski definition) is 0. The molecule has 0 fully saturated rings. The number of terminal acetylenes is 1. The van der Waals surface area contributed by atoms with Crippen molar-refractivity contribution >= 4 is 44.0 Å². The van der Waals surface area contributed by atoms with Gasteiger partial charge in [-0.2, -0.15) is 9.78 Å². The molecule has 30 heavy (non-hydrogen) atoms. The molecular weight excluding hydrogens is 440 g/mol. The molecular formula is C24H21BrN4O. The summed E-state index contributed by atoms with van der Waals surface area (Å²) in [6, 6.07) is 13.5. The van der Waals surface area contributed by atoms with Crippen LogP contribution in [0.4, 0.5) is 0 Å². The van der Waals surface area contributed by atoms with Crippen LogP contribution in [0, 0.1) is 12.3 Å². The Hall–Kier alpha value is -3.17. The van der Waals surface area contributed by atoms with E-state index in [0.29, 0.717) is 23.3 Å². The van der Waals surface area contributed by atoms with Crippen LogP contribution in [-0.2, 0) is 6.54 Å². The minimum Gasteiger partial charge on any atom is -0.335 e. The zero-order valence-electron chi connectivity index (χ0n) is 16.8. The number of halogens is 1. The van der Waals surface area contributed by atoms with Crippen molar-refractivity contribution in [1.29, 1.82) is 0 Å². The lowest BCUT2D eigenvalue weighted by Gasteiger charge is -2.13. The molecule has 0 N–H and O–H groups in total. The summed E-state index contributed by atoms with van der Waals surface area (Å²) >= 11 is 3.44. The summed E-state index contributed by atoms with van der Waals surface area (Å²) in [5, 5.41) is 6.15. The van der Waals surface area contributed by atoms with E-state index in [1.165, 1.54) is 4.68 Å². The van der Waals surface area contributed by atoms with Crippen molar-refractivity contribution in [1.82, 2.24) is 14.2 Å². The maximum atomic E-state index is 13.3. The maximum absolute atomic E-state index is 13.3. The predicted molar refractivity (Wildman–Crippen MR) is 126 cm³/mol. The number of benzene rings is 2. The minimum atomic E-state index is -0.180. The van der Waals surface area contributed by atoms with Gasteiger partial charge in [0.25, 0.3) is 5.56 Å². The number of rotatable bonds is 5. The number of hydrogen-bond acceptors (Lipinski definition) is 3. The monoisotopic (exact) mass is 460 g/mol. The Labute approximate surface area is 183 Å². The molecule has 2 aromatic heterocycles. The van der Waals surface area contributed by atoms with Crippen LogP contribution in [0.15, 0.2) is 63.0 Å². The zero-order chi connectivity index (χ0) is 21.3. The minimum absolute atomic E-state index is 0.0886. The molecule has 0 aliphatic carbocycles. The van der Waals surface area contributed by atoms with Crippen LogP contribution in [0.25, 0.3) is 21.8 Å². The third-order valence-corrected chi connectivity index (χ3v) is 5.77. The predicted octanol–water partition coefficient (Wildman–Crippen LogP) is 5.14. The number of nitrogens with zero attached hydrogens (tertiary/aromatic N) is 4. The van der Waals surface area contributed by atoms with Gasteiger partial charge in [0.05, 0.1) is 23.7 Å². The first-order valence-corrected chi connectivity index (χ1v) is 10.6. The van der Waals surface area contributed by atoms with Crippen LogP contribution < -0.4 is 5.56 Å². The summed E-state index contributed by atoms with van der Waals surface area (Å²) in [6.07, 6.45) is 10.1. The Balaban J connectivity index is 1.91. The van der Waals surface area contributed by atoms with Crippen molar-refractivity contribution in [2.24, 2.45) is 5.10 Å². The second-order valence-electron chi connectivity index (χ2n) is 7.24. The van der Waals surface area contributed by atoms with E-state index in [-0.39, 0.29) is 11.5 Å². The number of para-hydroxylation sites is 1. The molecule has 0 radical (unpaired) electrons. The summed E-state index contributed by atoms with van der Waals surface area (Å²) in [5.74, 6) is 3.42. The van der Waals surface area contributed by atoms with Gasteiger partial charge in [-0.1, -0.05) is 53.9 Å². The van der Waals surface area contributed by atoms with Gasteiger partial charge in [0.2, 0.25) is 0 Å². The molecule has 0 saturated heterocycles. The molecule has 0 bridgehead atoms. The molecule has 2 aromatic carbocycles. The van der Waals surface area contributed by atoms with Crippen LogP contribution in [0.5, 0.6) is 0 Å². The first-order valence-electron chi connectivity index (χ1n) is 9.81. The summed E-state index contributed by atoms with van der Waals surface area (Å²) in [5.41, 5.74) is 2.43. The highest BCUT2D eigenvalue weighted by Gasteiger charge is 2.16.